The van der Waals surface area contributed by atoms with Crippen molar-refractivity contribution in [3.8, 4) is 5.75 Å². The van der Waals surface area contributed by atoms with E-state index in [0.29, 0.717) is 28.4 Å². The number of methoxy groups -OCH3 is 1. The van der Waals surface area contributed by atoms with E-state index in [4.69, 9.17) is 9.15 Å². The molecule has 0 fully saturated rings. The highest BCUT2D eigenvalue weighted by Crippen LogP contribution is 2.24. The van der Waals surface area contributed by atoms with Crippen LogP contribution in [0.4, 0.5) is 11.6 Å². The van der Waals surface area contributed by atoms with E-state index in [1.54, 1.807) is 23.1 Å². The first-order valence-corrected chi connectivity index (χ1v) is 7.41. The second kappa shape index (κ2) is 6.60. The largest absolute Gasteiger partial charge is 0.493 e. The molecule has 2 heterocycles. The molecule has 0 spiro atoms. The highest BCUT2D eigenvalue weighted by atomic mass is 16.5. The second-order valence-corrected chi connectivity index (χ2v) is 5.45. The molecule has 0 aliphatic carbocycles. The van der Waals surface area contributed by atoms with Gasteiger partial charge in [-0.05, 0) is 12.1 Å². The van der Waals surface area contributed by atoms with Crippen LogP contribution in [0.1, 0.15) is 10.4 Å². The molecule has 8 heteroatoms. The average Bonchev–Trinajstić information content (AvgIpc) is 2.61. The van der Waals surface area contributed by atoms with Crippen LogP contribution in [-0.4, -0.2) is 37.1 Å². The molecule has 0 aliphatic rings. The summed E-state index contributed by atoms with van der Waals surface area (Å²) in [5.74, 6) is 0.337. The number of carbonyl (C=O) groups is 1. The first-order valence-electron chi connectivity index (χ1n) is 7.41. The topological polar surface area (TPSA) is 97.6 Å². The number of anilines is 2. The third-order valence-corrected chi connectivity index (χ3v) is 3.48. The minimum absolute atomic E-state index is 0.113. The number of hydrogen-bond acceptors (Lipinski definition) is 7. The van der Waals surface area contributed by atoms with Gasteiger partial charge in [0.2, 0.25) is 5.95 Å². The summed E-state index contributed by atoms with van der Waals surface area (Å²) in [6.45, 7) is 0. The van der Waals surface area contributed by atoms with E-state index < -0.39 is 11.5 Å². The predicted molar refractivity (Wildman–Crippen MR) is 93.3 cm³/mol. The van der Waals surface area contributed by atoms with Crippen molar-refractivity contribution in [1.29, 1.82) is 0 Å². The fourth-order valence-electron chi connectivity index (χ4n) is 2.25. The van der Waals surface area contributed by atoms with Gasteiger partial charge in [0.15, 0.2) is 11.3 Å². The highest BCUT2D eigenvalue weighted by Gasteiger charge is 2.16. The monoisotopic (exact) mass is 340 g/mol. The lowest BCUT2D eigenvalue weighted by Crippen LogP contribution is -2.21. The van der Waals surface area contributed by atoms with Crippen molar-refractivity contribution < 1.29 is 13.9 Å². The molecule has 0 saturated heterocycles. The van der Waals surface area contributed by atoms with Crippen LogP contribution in [0.5, 0.6) is 5.75 Å². The molecule has 0 aliphatic heterocycles. The van der Waals surface area contributed by atoms with Crippen LogP contribution in [0.2, 0.25) is 0 Å². The molecule has 3 rings (SSSR count). The predicted octanol–water partition coefficient (Wildman–Crippen LogP) is 1.91. The zero-order chi connectivity index (χ0) is 18.0. The normalized spacial score (nSPS) is 10.5. The van der Waals surface area contributed by atoms with Crippen LogP contribution < -0.4 is 20.6 Å². The van der Waals surface area contributed by atoms with Crippen LogP contribution in [0, 0.1) is 0 Å². The van der Waals surface area contributed by atoms with Crippen molar-refractivity contribution in [3.05, 3.63) is 52.6 Å². The van der Waals surface area contributed by atoms with E-state index >= 15 is 0 Å². The minimum atomic E-state index is -0.750. The number of carbonyl (C=O) groups excluding carboxylic acids is 1. The summed E-state index contributed by atoms with van der Waals surface area (Å²) in [6.07, 6.45) is 2.93. The van der Waals surface area contributed by atoms with E-state index in [1.807, 2.05) is 14.1 Å². The van der Waals surface area contributed by atoms with Gasteiger partial charge in [0.05, 0.1) is 25.2 Å². The van der Waals surface area contributed by atoms with Crippen LogP contribution in [0.3, 0.4) is 0 Å². The van der Waals surface area contributed by atoms with Crippen molar-refractivity contribution in [2.75, 3.05) is 31.4 Å². The summed E-state index contributed by atoms with van der Waals surface area (Å²) in [5.41, 5.74) is -0.191. The number of hydrogen-bond donors (Lipinski definition) is 1. The Morgan fingerprint density at radius 3 is 2.60 bits per heavy atom. The number of benzene rings is 1. The number of nitrogens with one attached hydrogen (secondary N) is 1. The third-order valence-electron chi connectivity index (χ3n) is 3.48. The number of nitrogens with zero attached hydrogens (tertiary/aromatic N) is 3. The fraction of sp³-hybridized carbons (Fsp3) is 0.176. The molecular weight excluding hydrogens is 324 g/mol. The van der Waals surface area contributed by atoms with E-state index in [-0.39, 0.29) is 5.56 Å². The van der Waals surface area contributed by atoms with Crippen molar-refractivity contribution in [1.82, 2.24) is 9.97 Å². The summed E-state index contributed by atoms with van der Waals surface area (Å²) in [6, 6.07) is 6.62. The molecule has 0 bridgehead atoms. The Balaban J connectivity index is 1.92. The Labute approximate surface area is 143 Å². The first kappa shape index (κ1) is 16.4. The standard InChI is InChI=1S/C17H16N4O4/c1-21(2)17-18-8-11(9-19-17)20-15(22)12-7-10-5-4-6-13(24-3)14(10)25-16(12)23/h4-9H,1-3H3,(H,20,22). The van der Waals surface area contributed by atoms with Crippen molar-refractivity contribution in [2.24, 2.45) is 0 Å². The SMILES string of the molecule is COc1cccc2cc(C(=O)Nc3cnc(N(C)C)nc3)c(=O)oc12. The Bertz CT molecular complexity index is 980. The van der Waals surface area contributed by atoms with Gasteiger partial charge in [-0.25, -0.2) is 14.8 Å². The second-order valence-electron chi connectivity index (χ2n) is 5.45. The maximum atomic E-state index is 12.4. The fourth-order valence-corrected chi connectivity index (χ4v) is 2.25. The Morgan fingerprint density at radius 2 is 1.96 bits per heavy atom. The van der Waals surface area contributed by atoms with Crippen LogP contribution in [0.15, 0.2) is 45.9 Å². The zero-order valence-electron chi connectivity index (χ0n) is 13.9. The van der Waals surface area contributed by atoms with Gasteiger partial charge in [0.1, 0.15) is 5.56 Å². The van der Waals surface area contributed by atoms with Gasteiger partial charge in [0, 0.05) is 19.5 Å². The lowest BCUT2D eigenvalue weighted by molar-refractivity contribution is 0.102. The summed E-state index contributed by atoms with van der Waals surface area (Å²) in [5, 5.41) is 3.17. The van der Waals surface area contributed by atoms with Gasteiger partial charge in [0.25, 0.3) is 5.91 Å². The number of amides is 1. The Kier molecular flexibility index (Phi) is 4.34. The van der Waals surface area contributed by atoms with Crippen LogP contribution >= 0.6 is 0 Å². The highest BCUT2D eigenvalue weighted by molar-refractivity contribution is 6.05. The molecule has 1 amide bonds. The molecule has 2 aromatic heterocycles. The van der Waals surface area contributed by atoms with E-state index in [1.165, 1.54) is 25.6 Å². The van der Waals surface area contributed by atoms with Crippen LogP contribution in [0.25, 0.3) is 11.0 Å². The summed E-state index contributed by atoms with van der Waals surface area (Å²) < 4.78 is 10.4. The lowest BCUT2D eigenvalue weighted by Gasteiger charge is -2.10. The molecule has 0 radical (unpaired) electrons. The van der Waals surface area contributed by atoms with Gasteiger partial charge >= 0.3 is 5.63 Å². The number of ether oxygens (including phenoxy) is 1. The summed E-state index contributed by atoms with van der Waals surface area (Å²) >= 11 is 0. The quantitative estimate of drug-likeness (QED) is 0.724. The average molecular weight is 340 g/mol. The van der Waals surface area contributed by atoms with Gasteiger partial charge < -0.3 is 19.4 Å². The Morgan fingerprint density at radius 1 is 1.24 bits per heavy atom. The molecule has 128 valence electrons. The Hall–Kier alpha value is -3.42. The van der Waals surface area contributed by atoms with Gasteiger partial charge in [-0.2, -0.15) is 0 Å². The molecule has 8 nitrogen and oxygen atoms in total. The number of fused-ring (bicyclic) bond motifs is 1. The lowest BCUT2D eigenvalue weighted by atomic mass is 10.1. The van der Waals surface area contributed by atoms with Crippen LogP contribution in [-0.2, 0) is 0 Å². The summed E-state index contributed by atoms with van der Waals surface area (Å²) in [4.78, 5) is 34.5. The van der Waals surface area contributed by atoms with Crippen molar-refractivity contribution >= 4 is 28.5 Å². The van der Waals surface area contributed by atoms with Crippen molar-refractivity contribution in [2.45, 2.75) is 0 Å². The third kappa shape index (κ3) is 3.27. The minimum Gasteiger partial charge on any atom is -0.493 e. The smallest absolute Gasteiger partial charge is 0.349 e. The number of rotatable bonds is 4. The van der Waals surface area contributed by atoms with E-state index in [2.05, 4.69) is 15.3 Å². The summed E-state index contributed by atoms with van der Waals surface area (Å²) in [7, 11) is 5.09. The molecule has 0 saturated carbocycles. The van der Waals surface area contributed by atoms with Crippen molar-refractivity contribution in [3.63, 3.8) is 0 Å². The number of para-hydroxylation sites is 1. The maximum absolute atomic E-state index is 12.4. The first-order chi connectivity index (χ1) is 12.0. The molecule has 3 aromatic rings. The molecule has 0 atom stereocenters. The number of aromatic nitrogens is 2. The zero-order valence-corrected chi connectivity index (χ0v) is 13.9. The van der Waals surface area contributed by atoms with Gasteiger partial charge in [-0.1, -0.05) is 12.1 Å². The maximum Gasteiger partial charge on any atom is 0.349 e. The molecule has 0 unspecified atom stereocenters. The van der Waals surface area contributed by atoms with Gasteiger partial charge in [-0.15, -0.1) is 0 Å². The van der Waals surface area contributed by atoms with Gasteiger partial charge in [-0.3, -0.25) is 4.79 Å². The molecule has 1 N–H and O–H groups in total. The molecule has 1 aromatic carbocycles. The van der Waals surface area contributed by atoms with E-state index in [9.17, 15) is 9.59 Å². The van der Waals surface area contributed by atoms with E-state index in [0.717, 1.165) is 0 Å². The molecule has 25 heavy (non-hydrogen) atoms. The molecular formula is C17H16N4O4.